The third-order valence-corrected chi connectivity index (χ3v) is 4.51. The van der Waals surface area contributed by atoms with Crippen LogP contribution in [0, 0.1) is 11.3 Å². The molecule has 1 aromatic rings. The van der Waals surface area contributed by atoms with Crippen molar-refractivity contribution in [2.75, 3.05) is 5.75 Å². The number of hydrogen-bond donors (Lipinski definition) is 1. The lowest BCUT2D eigenvalue weighted by Crippen LogP contribution is -2.33. The van der Waals surface area contributed by atoms with Crippen molar-refractivity contribution in [3.63, 3.8) is 0 Å². The van der Waals surface area contributed by atoms with Crippen LogP contribution in [-0.2, 0) is 12.8 Å². The zero-order valence-corrected chi connectivity index (χ0v) is 11.7. The van der Waals surface area contributed by atoms with E-state index in [9.17, 15) is 0 Å². The fraction of sp³-hybridized carbons (Fsp3) is 0.533. The predicted molar refractivity (Wildman–Crippen MR) is 76.6 cm³/mol. The van der Waals surface area contributed by atoms with Crippen molar-refractivity contribution in [3.05, 3.63) is 29.3 Å². The standard InChI is InChI=1S/C15H20N2S/c1-15(17,11-16)8-3-9-18-14-7-6-12-4-2-5-13(12)10-14/h6-7,10H,2-5,8-9,17H2,1H3. The van der Waals surface area contributed by atoms with Gasteiger partial charge in [0.15, 0.2) is 0 Å². The average Bonchev–Trinajstić information content (AvgIpc) is 2.82. The lowest BCUT2D eigenvalue weighted by atomic mass is 10.0. The smallest absolute Gasteiger partial charge is 0.101 e. The van der Waals surface area contributed by atoms with Crippen LogP contribution in [0.4, 0.5) is 0 Å². The van der Waals surface area contributed by atoms with E-state index in [4.69, 9.17) is 11.0 Å². The molecular weight excluding hydrogens is 240 g/mol. The Bertz CT molecular complexity index is 460. The van der Waals surface area contributed by atoms with Crippen LogP contribution in [-0.4, -0.2) is 11.3 Å². The lowest BCUT2D eigenvalue weighted by molar-refractivity contribution is 0.540. The Balaban J connectivity index is 1.79. The predicted octanol–water partition coefficient (Wildman–Crippen LogP) is 3.29. The fourth-order valence-electron chi connectivity index (χ4n) is 2.32. The van der Waals surface area contributed by atoms with Gasteiger partial charge in [0.1, 0.15) is 5.54 Å². The van der Waals surface area contributed by atoms with E-state index in [0.717, 1.165) is 18.6 Å². The first-order valence-corrected chi connectivity index (χ1v) is 7.54. The minimum atomic E-state index is -0.668. The summed E-state index contributed by atoms with van der Waals surface area (Å²) in [5.41, 5.74) is 8.19. The van der Waals surface area contributed by atoms with Crippen LogP contribution in [0.15, 0.2) is 23.1 Å². The summed E-state index contributed by atoms with van der Waals surface area (Å²) in [7, 11) is 0. The van der Waals surface area contributed by atoms with Gasteiger partial charge in [-0.05, 0) is 68.0 Å². The van der Waals surface area contributed by atoms with Gasteiger partial charge in [0.25, 0.3) is 0 Å². The number of aryl methyl sites for hydroxylation is 2. The first-order chi connectivity index (χ1) is 8.61. The van der Waals surface area contributed by atoms with Gasteiger partial charge < -0.3 is 5.73 Å². The van der Waals surface area contributed by atoms with Crippen molar-refractivity contribution in [3.8, 4) is 6.07 Å². The SMILES string of the molecule is CC(N)(C#N)CCCSc1ccc2c(c1)CCC2. The Morgan fingerprint density at radius 3 is 2.94 bits per heavy atom. The summed E-state index contributed by atoms with van der Waals surface area (Å²) in [5.74, 6) is 1.03. The molecule has 1 aromatic carbocycles. The Hall–Kier alpha value is -0.980. The van der Waals surface area contributed by atoms with Gasteiger partial charge in [-0.1, -0.05) is 6.07 Å². The quantitative estimate of drug-likeness (QED) is 0.653. The highest BCUT2D eigenvalue weighted by Crippen LogP contribution is 2.28. The van der Waals surface area contributed by atoms with Gasteiger partial charge in [0, 0.05) is 4.90 Å². The number of fused-ring (bicyclic) bond motifs is 1. The van der Waals surface area contributed by atoms with Gasteiger partial charge in [-0.2, -0.15) is 5.26 Å². The van der Waals surface area contributed by atoms with Crippen LogP contribution < -0.4 is 5.73 Å². The monoisotopic (exact) mass is 260 g/mol. The summed E-state index contributed by atoms with van der Waals surface area (Å²) >= 11 is 1.87. The van der Waals surface area contributed by atoms with Crippen molar-refractivity contribution in [1.29, 1.82) is 5.26 Å². The van der Waals surface area contributed by atoms with Gasteiger partial charge in [-0.25, -0.2) is 0 Å². The summed E-state index contributed by atoms with van der Waals surface area (Å²) in [6.45, 7) is 1.80. The van der Waals surface area contributed by atoms with Crippen molar-refractivity contribution in [2.24, 2.45) is 5.73 Å². The third-order valence-electron chi connectivity index (χ3n) is 3.43. The zero-order chi connectivity index (χ0) is 13.0. The Kier molecular flexibility index (Phi) is 4.31. The Morgan fingerprint density at radius 1 is 1.39 bits per heavy atom. The van der Waals surface area contributed by atoms with E-state index in [0.29, 0.717) is 0 Å². The first kappa shape index (κ1) is 13.5. The van der Waals surface area contributed by atoms with Crippen LogP contribution >= 0.6 is 11.8 Å². The summed E-state index contributed by atoms with van der Waals surface area (Å²) in [6.07, 6.45) is 5.54. The minimum Gasteiger partial charge on any atom is -0.314 e. The van der Waals surface area contributed by atoms with Crippen molar-refractivity contribution in [1.82, 2.24) is 0 Å². The second-order valence-corrected chi connectivity index (χ2v) is 6.43. The largest absolute Gasteiger partial charge is 0.314 e. The number of nitrogens with two attached hydrogens (primary N) is 1. The van der Waals surface area contributed by atoms with E-state index in [1.807, 2.05) is 11.8 Å². The molecule has 0 aromatic heterocycles. The van der Waals surface area contributed by atoms with Crippen LogP contribution in [0.3, 0.4) is 0 Å². The minimum absolute atomic E-state index is 0.668. The number of rotatable bonds is 5. The lowest BCUT2D eigenvalue weighted by Gasteiger charge is -2.14. The van der Waals surface area contributed by atoms with Crippen LogP contribution in [0.1, 0.15) is 37.3 Å². The molecule has 96 valence electrons. The molecule has 18 heavy (non-hydrogen) atoms. The summed E-state index contributed by atoms with van der Waals surface area (Å²) in [4.78, 5) is 1.35. The molecule has 1 aliphatic rings. The molecule has 0 amide bonds. The molecule has 3 heteroatoms. The number of nitrogens with zero attached hydrogens (tertiary/aromatic N) is 1. The molecule has 0 aliphatic heterocycles. The van der Waals surface area contributed by atoms with Crippen molar-refractivity contribution >= 4 is 11.8 Å². The van der Waals surface area contributed by atoms with E-state index in [2.05, 4.69) is 24.3 Å². The zero-order valence-electron chi connectivity index (χ0n) is 10.9. The summed E-state index contributed by atoms with van der Waals surface area (Å²) in [6, 6.07) is 8.97. The number of thioether (sulfide) groups is 1. The molecule has 0 spiro atoms. The highest BCUT2D eigenvalue weighted by Gasteiger charge is 2.16. The number of hydrogen-bond acceptors (Lipinski definition) is 3. The Labute approximate surface area is 114 Å². The van der Waals surface area contributed by atoms with Gasteiger partial charge in [-0.15, -0.1) is 11.8 Å². The summed E-state index contributed by atoms with van der Waals surface area (Å²) in [5, 5.41) is 8.83. The molecule has 0 saturated carbocycles. The maximum absolute atomic E-state index is 8.83. The molecule has 0 heterocycles. The molecule has 0 fully saturated rings. The van der Waals surface area contributed by atoms with Gasteiger partial charge in [0.05, 0.1) is 6.07 Å². The maximum Gasteiger partial charge on any atom is 0.101 e. The van der Waals surface area contributed by atoms with E-state index in [1.54, 1.807) is 6.92 Å². The average molecular weight is 260 g/mol. The van der Waals surface area contributed by atoms with Gasteiger partial charge >= 0.3 is 0 Å². The molecule has 2 N–H and O–H groups in total. The van der Waals surface area contributed by atoms with E-state index >= 15 is 0 Å². The third kappa shape index (κ3) is 3.51. The Morgan fingerprint density at radius 2 is 2.17 bits per heavy atom. The molecule has 1 atom stereocenters. The van der Waals surface area contributed by atoms with Crippen LogP contribution in [0.25, 0.3) is 0 Å². The van der Waals surface area contributed by atoms with Crippen LogP contribution in [0.5, 0.6) is 0 Å². The fourth-order valence-corrected chi connectivity index (χ4v) is 3.24. The number of nitriles is 1. The first-order valence-electron chi connectivity index (χ1n) is 6.55. The van der Waals surface area contributed by atoms with Crippen LogP contribution in [0.2, 0.25) is 0 Å². The second-order valence-electron chi connectivity index (χ2n) is 5.27. The maximum atomic E-state index is 8.83. The molecule has 1 unspecified atom stereocenters. The second kappa shape index (κ2) is 5.77. The van der Waals surface area contributed by atoms with E-state index < -0.39 is 5.54 Å². The van der Waals surface area contributed by atoms with E-state index in [-0.39, 0.29) is 0 Å². The van der Waals surface area contributed by atoms with Crippen molar-refractivity contribution in [2.45, 2.75) is 49.5 Å². The molecule has 2 nitrogen and oxygen atoms in total. The normalized spacial score (nSPS) is 16.9. The molecule has 0 saturated heterocycles. The summed E-state index contributed by atoms with van der Waals surface area (Å²) < 4.78 is 0. The van der Waals surface area contributed by atoms with Gasteiger partial charge in [0.2, 0.25) is 0 Å². The number of benzene rings is 1. The molecule has 0 radical (unpaired) electrons. The topological polar surface area (TPSA) is 49.8 Å². The highest BCUT2D eigenvalue weighted by molar-refractivity contribution is 7.99. The van der Waals surface area contributed by atoms with Gasteiger partial charge in [-0.3, -0.25) is 0 Å². The molecule has 2 rings (SSSR count). The van der Waals surface area contributed by atoms with Crippen molar-refractivity contribution < 1.29 is 0 Å². The highest BCUT2D eigenvalue weighted by atomic mass is 32.2. The van der Waals surface area contributed by atoms with E-state index in [1.165, 1.54) is 35.3 Å². The molecular formula is C15H20N2S. The molecule has 0 bridgehead atoms. The molecule has 1 aliphatic carbocycles.